The Morgan fingerprint density at radius 1 is 1.03 bits per heavy atom. The predicted molar refractivity (Wildman–Crippen MR) is 126 cm³/mol. The van der Waals surface area contributed by atoms with Gasteiger partial charge in [0.05, 0.1) is 17.0 Å². The molecule has 4 rings (SSSR count). The lowest BCUT2D eigenvalue weighted by molar-refractivity contribution is 0.0952. The Morgan fingerprint density at radius 2 is 1.78 bits per heavy atom. The summed E-state index contributed by atoms with van der Waals surface area (Å²) in [7, 11) is 0. The monoisotopic (exact) mass is 465 g/mol. The molecule has 0 aliphatic rings. The van der Waals surface area contributed by atoms with Gasteiger partial charge in [0.2, 0.25) is 0 Å². The van der Waals surface area contributed by atoms with Crippen LogP contribution in [-0.2, 0) is 6.42 Å². The summed E-state index contributed by atoms with van der Waals surface area (Å²) in [5.41, 5.74) is 3.25. The van der Waals surface area contributed by atoms with Crippen LogP contribution in [0.3, 0.4) is 0 Å². The number of benzene rings is 2. The van der Waals surface area contributed by atoms with E-state index in [1.54, 1.807) is 48.3 Å². The number of nitrogens with zero attached hydrogens (tertiary/aromatic N) is 4. The number of hydrogen-bond donors (Lipinski definition) is 1. The fourth-order valence-corrected chi connectivity index (χ4v) is 3.97. The van der Waals surface area contributed by atoms with E-state index < -0.39 is 0 Å². The number of carbonyl (C=O) groups excluding carboxylic acids is 1. The summed E-state index contributed by atoms with van der Waals surface area (Å²) in [4.78, 5) is 22.3. The van der Waals surface area contributed by atoms with E-state index in [2.05, 4.69) is 32.5 Å². The largest absolute Gasteiger partial charge is 0.352 e. The average Bonchev–Trinajstić information content (AvgIpc) is 3.31. The minimum absolute atomic E-state index is 0.242. The molecular weight excluding hydrogens is 445 g/mol. The van der Waals surface area contributed by atoms with Crippen molar-refractivity contribution in [1.82, 2.24) is 25.1 Å². The molecule has 2 aromatic carbocycles. The van der Waals surface area contributed by atoms with Crippen LogP contribution in [0.15, 0.2) is 67.0 Å². The summed E-state index contributed by atoms with van der Waals surface area (Å²) in [6.45, 7) is 2.31. The van der Waals surface area contributed by atoms with Crippen molar-refractivity contribution in [3.8, 4) is 17.2 Å². The number of hydrogen-bond acceptors (Lipinski definition) is 4. The molecule has 0 unspecified atom stereocenters. The van der Waals surface area contributed by atoms with Crippen LogP contribution in [0.4, 0.5) is 0 Å². The third-order valence-electron chi connectivity index (χ3n) is 4.92. The van der Waals surface area contributed by atoms with Gasteiger partial charge in [0.1, 0.15) is 0 Å². The minimum Gasteiger partial charge on any atom is -0.352 e. The number of amides is 1. The van der Waals surface area contributed by atoms with Gasteiger partial charge in [0.15, 0.2) is 0 Å². The highest BCUT2D eigenvalue weighted by molar-refractivity contribution is 6.35. The molecule has 0 spiro atoms. The standard InChI is InChI=1S/C24H21Cl2N5O/c1-16-21(23(32)27-10-5-9-17-7-3-2-4-8-17)22(18-13-19(25)15-20(26)14-18)30-24(29-16)31-12-6-11-28-31/h2-4,6-8,11-15H,5,9-10H2,1H3,(H,27,32). The zero-order chi connectivity index (χ0) is 22.5. The molecule has 1 N–H and O–H groups in total. The number of rotatable bonds is 7. The first-order valence-electron chi connectivity index (χ1n) is 10.2. The fraction of sp³-hybridized carbons (Fsp3) is 0.167. The lowest BCUT2D eigenvalue weighted by Crippen LogP contribution is -2.27. The van der Waals surface area contributed by atoms with Gasteiger partial charge in [-0.05, 0) is 49.6 Å². The number of halogens is 2. The van der Waals surface area contributed by atoms with Gasteiger partial charge < -0.3 is 5.32 Å². The number of aryl methyl sites for hydroxylation is 2. The van der Waals surface area contributed by atoms with Crippen LogP contribution in [-0.4, -0.2) is 32.2 Å². The Hall–Kier alpha value is -3.22. The van der Waals surface area contributed by atoms with Crippen LogP contribution in [0.2, 0.25) is 10.0 Å². The van der Waals surface area contributed by atoms with E-state index in [0.717, 1.165) is 12.8 Å². The van der Waals surface area contributed by atoms with Crippen molar-refractivity contribution in [3.05, 3.63) is 93.9 Å². The number of nitrogens with one attached hydrogen (secondary N) is 1. The third-order valence-corrected chi connectivity index (χ3v) is 5.36. The first-order valence-corrected chi connectivity index (χ1v) is 10.9. The Balaban J connectivity index is 1.63. The second-order valence-electron chi connectivity index (χ2n) is 7.29. The Morgan fingerprint density at radius 3 is 2.47 bits per heavy atom. The lowest BCUT2D eigenvalue weighted by Gasteiger charge is -2.14. The maximum atomic E-state index is 13.2. The lowest BCUT2D eigenvalue weighted by atomic mass is 10.0. The van der Waals surface area contributed by atoms with Crippen LogP contribution in [0.25, 0.3) is 17.2 Å². The second kappa shape index (κ2) is 9.94. The van der Waals surface area contributed by atoms with E-state index in [4.69, 9.17) is 23.2 Å². The number of carbonyl (C=O) groups is 1. The molecule has 0 aliphatic carbocycles. The Bertz CT molecular complexity index is 1210. The molecule has 2 heterocycles. The molecule has 0 atom stereocenters. The van der Waals surface area contributed by atoms with Crippen molar-refractivity contribution in [1.29, 1.82) is 0 Å². The van der Waals surface area contributed by atoms with E-state index >= 15 is 0 Å². The maximum absolute atomic E-state index is 13.2. The summed E-state index contributed by atoms with van der Waals surface area (Å²) in [6.07, 6.45) is 5.08. The van der Waals surface area contributed by atoms with Crippen molar-refractivity contribution >= 4 is 29.1 Å². The molecule has 1 amide bonds. The smallest absolute Gasteiger partial charge is 0.255 e. The quantitative estimate of drug-likeness (QED) is 0.375. The number of aromatic nitrogens is 4. The van der Waals surface area contributed by atoms with Gasteiger partial charge in [-0.3, -0.25) is 4.79 Å². The van der Waals surface area contributed by atoms with E-state index in [0.29, 0.717) is 45.1 Å². The van der Waals surface area contributed by atoms with E-state index in [-0.39, 0.29) is 5.91 Å². The predicted octanol–water partition coefficient (Wildman–Crippen LogP) is 5.31. The summed E-state index contributed by atoms with van der Waals surface area (Å²) in [6, 6.07) is 17.0. The molecule has 0 bridgehead atoms. The Labute approximate surface area is 196 Å². The van der Waals surface area contributed by atoms with Crippen molar-refractivity contribution in [2.75, 3.05) is 6.54 Å². The van der Waals surface area contributed by atoms with Crippen molar-refractivity contribution < 1.29 is 4.79 Å². The summed E-state index contributed by atoms with van der Waals surface area (Å²) >= 11 is 12.5. The summed E-state index contributed by atoms with van der Waals surface area (Å²) < 4.78 is 1.55. The molecule has 0 radical (unpaired) electrons. The van der Waals surface area contributed by atoms with Crippen molar-refractivity contribution in [3.63, 3.8) is 0 Å². The molecule has 32 heavy (non-hydrogen) atoms. The van der Waals surface area contributed by atoms with E-state index in [1.165, 1.54) is 5.56 Å². The van der Waals surface area contributed by atoms with Crippen LogP contribution in [0.5, 0.6) is 0 Å². The van der Waals surface area contributed by atoms with Gasteiger partial charge in [0.25, 0.3) is 11.9 Å². The second-order valence-corrected chi connectivity index (χ2v) is 8.16. The van der Waals surface area contributed by atoms with Gasteiger partial charge in [-0.15, -0.1) is 0 Å². The van der Waals surface area contributed by atoms with Gasteiger partial charge in [-0.25, -0.2) is 14.6 Å². The zero-order valence-corrected chi connectivity index (χ0v) is 18.9. The minimum atomic E-state index is -0.242. The van der Waals surface area contributed by atoms with Gasteiger partial charge in [-0.2, -0.15) is 5.10 Å². The molecule has 8 heteroatoms. The summed E-state index contributed by atoms with van der Waals surface area (Å²) in [5.74, 6) is 0.118. The van der Waals surface area contributed by atoms with Crippen LogP contribution < -0.4 is 5.32 Å². The van der Waals surface area contributed by atoms with Crippen LogP contribution in [0.1, 0.15) is 28.0 Å². The van der Waals surface area contributed by atoms with Gasteiger partial charge in [-0.1, -0.05) is 53.5 Å². The topological polar surface area (TPSA) is 72.7 Å². The van der Waals surface area contributed by atoms with Crippen molar-refractivity contribution in [2.45, 2.75) is 19.8 Å². The SMILES string of the molecule is Cc1nc(-n2cccn2)nc(-c2cc(Cl)cc(Cl)c2)c1C(=O)NCCCc1ccccc1. The molecule has 0 saturated heterocycles. The van der Waals surface area contributed by atoms with Crippen LogP contribution in [0, 0.1) is 6.92 Å². The average molecular weight is 466 g/mol. The van der Waals surface area contributed by atoms with Gasteiger partial charge in [0, 0.05) is 34.5 Å². The highest BCUT2D eigenvalue weighted by Crippen LogP contribution is 2.30. The van der Waals surface area contributed by atoms with Gasteiger partial charge >= 0.3 is 0 Å². The van der Waals surface area contributed by atoms with Crippen LogP contribution >= 0.6 is 23.2 Å². The Kier molecular flexibility index (Phi) is 6.83. The zero-order valence-electron chi connectivity index (χ0n) is 17.4. The first-order chi connectivity index (χ1) is 15.5. The molecule has 162 valence electrons. The van der Waals surface area contributed by atoms with E-state index in [1.807, 2.05) is 18.2 Å². The molecule has 6 nitrogen and oxygen atoms in total. The highest BCUT2D eigenvalue weighted by Gasteiger charge is 2.21. The molecule has 0 aliphatic heterocycles. The first kappa shape index (κ1) is 22.0. The fourth-order valence-electron chi connectivity index (χ4n) is 3.45. The molecule has 0 saturated carbocycles. The normalized spacial score (nSPS) is 10.8. The van der Waals surface area contributed by atoms with E-state index in [9.17, 15) is 4.79 Å². The maximum Gasteiger partial charge on any atom is 0.255 e. The highest BCUT2D eigenvalue weighted by atomic mass is 35.5. The summed E-state index contributed by atoms with van der Waals surface area (Å²) in [5, 5.41) is 8.11. The molecular formula is C24H21Cl2N5O. The molecule has 4 aromatic rings. The molecule has 2 aromatic heterocycles. The van der Waals surface area contributed by atoms with Crippen molar-refractivity contribution in [2.24, 2.45) is 0 Å². The molecule has 0 fully saturated rings. The third kappa shape index (κ3) is 5.15.